The van der Waals surface area contributed by atoms with E-state index in [1.807, 2.05) is 13.0 Å². The van der Waals surface area contributed by atoms with E-state index in [0.29, 0.717) is 28.7 Å². The van der Waals surface area contributed by atoms with E-state index in [9.17, 15) is 13.2 Å². The van der Waals surface area contributed by atoms with E-state index < -0.39 is 10.0 Å². The highest BCUT2D eigenvalue weighted by Crippen LogP contribution is 2.36. The number of ether oxygens (including phenoxy) is 1. The molecule has 0 bridgehead atoms. The lowest BCUT2D eigenvalue weighted by Gasteiger charge is -2.18. The fourth-order valence-corrected chi connectivity index (χ4v) is 4.58. The number of hydrogen-bond donors (Lipinski definition) is 2. The van der Waals surface area contributed by atoms with Crippen LogP contribution in [0, 0.1) is 6.92 Å². The van der Waals surface area contributed by atoms with Crippen LogP contribution in [0.3, 0.4) is 0 Å². The maximum atomic E-state index is 11.9. The first kappa shape index (κ1) is 16.7. The number of sulfonamides is 1. The van der Waals surface area contributed by atoms with Crippen molar-refractivity contribution in [3.05, 3.63) is 23.1 Å². The van der Waals surface area contributed by atoms with Gasteiger partial charge in [-0.25, -0.2) is 13.4 Å². The van der Waals surface area contributed by atoms with Gasteiger partial charge in [0, 0.05) is 10.4 Å². The van der Waals surface area contributed by atoms with E-state index in [2.05, 4.69) is 15.0 Å². The van der Waals surface area contributed by atoms with Crippen LogP contribution in [-0.4, -0.2) is 31.7 Å². The fraction of sp³-hybridized carbons (Fsp3) is 0.333. The van der Waals surface area contributed by atoms with Crippen LogP contribution in [0.2, 0.25) is 0 Å². The molecule has 3 rings (SSSR count). The number of rotatable bonds is 5. The molecule has 0 atom stereocenters. The van der Waals surface area contributed by atoms with Crippen molar-refractivity contribution in [2.24, 2.45) is 0 Å². The van der Waals surface area contributed by atoms with Crippen LogP contribution in [-0.2, 0) is 14.8 Å². The highest BCUT2D eigenvalue weighted by molar-refractivity contribution is 7.92. The quantitative estimate of drug-likeness (QED) is 0.846. The van der Waals surface area contributed by atoms with Gasteiger partial charge in [-0.15, -0.1) is 11.3 Å². The molecule has 0 spiro atoms. The number of hydrogen-bond acceptors (Lipinski definition) is 6. The second-order valence-electron chi connectivity index (χ2n) is 5.39. The number of amides is 1. The van der Waals surface area contributed by atoms with Gasteiger partial charge in [0.25, 0.3) is 5.91 Å². The Labute approximate surface area is 144 Å². The molecule has 9 heteroatoms. The standard InChI is InChI=1S/C15H17N3O4S2/c1-3-6-24(20,21)18-15-17-14(9(2)23-15)10-4-5-12-11(7-10)16-13(19)8-22-12/h4-5,7H,3,6,8H2,1-2H3,(H,16,19)(H,17,18). The monoisotopic (exact) mass is 367 g/mol. The molecule has 0 fully saturated rings. The topological polar surface area (TPSA) is 97.4 Å². The summed E-state index contributed by atoms with van der Waals surface area (Å²) in [6.07, 6.45) is 0.539. The SMILES string of the molecule is CCCS(=O)(=O)Nc1nc(-c2ccc3c(c2)NC(=O)CO3)c(C)s1. The van der Waals surface area contributed by atoms with Crippen molar-refractivity contribution in [2.75, 3.05) is 22.4 Å². The highest BCUT2D eigenvalue weighted by Gasteiger charge is 2.19. The molecule has 0 radical (unpaired) electrons. The van der Waals surface area contributed by atoms with Crippen LogP contribution in [0.1, 0.15) is 18.2 Å². The first-order valence-corrected chi connectivity index (χ1v) is 9.90. The second kappa shape index (κ2) is 6.40. The van der Waals surface area contributed by atoms with Crippen molar-refractivity contribution in [2.45, 2.75) is 20.3 Å². The molecule has 1 aromatic heterocycles. The summed E-state index contributed by atoms with van der Waals surface area (Å²) >= 11 is 1.28. The first-order valence-electron chi connectivity index (χ1n) is 7.43. The van der Waals surface area contributed by atoms with E-state index in [1.165, 1.54) is 11.3 Å². The third-order valence-corrected chi connectivity index (χ3v) is 5.86. The third kappa shape index (κ3) is 3.51. The van der Waals surface area contributed by atoms with Crippen molar-refractivity contribution in [1.29, 1.82) is 0 Å². The zero-order valence-electron chi connectivity index (χ0n) is 13.3. The van der Waals surface area contributed by atoms with Gasteiger partial charge in [0.1, 0.15) is 5.75 Å². The van der Waals surface area contributed by atoms with Crippen LogP contribution in [0.5, 0.6) is 5.75 Å². The molecule has 1 aliphatic heterocycles. The predicted octanol–water partition coefficient (Wildman–Crippen LogP) is 2.60. The number of aryl methyl sites for hydroxylation is 1. The van der Waals surface area contributed by atoms with Crippen LogP contribution >= 0.6 is 11.3 Å². The van der Waals surface area contributed by atoms with Crippen LogP contribution in [0.15, 0.2) is 18.2 Å². The fourth-order valence-electron chi connectivity index (χ4n) is 2.39. The number of nitrogens with one attached hydrogen (secondary N) is 2. The van der Waals surface area contributed by atoms with Gasteiger partial charge in [0.15, 0.2) is 11.7 Å². The van der Waals surface area contributed by atoms with E-state index in [0.717, 1.165) is 10.4 Å². The molecule has 1 aliphatic rings. The largest absolute Gasteiger partial charge is 0.482 e. The molecule has 2 aromatic rings. The second-order valence-corrected chi connectivity index (χ2v) is 8.44. The van der Waals surface area contributed by atoms with Crippen LogP contribution in [0.25, 0.3) is 11.3 Å². The molecule has 0 saturated carbocycles. The van der Waals surface area contributed by atoms with Crippen molar-refractivity contribution >= 4 is 38.1 Å². The summed E-state index contributed by atoms with van der Waals surface area (Å²) in [5.41, 5.74) is 2.05. The minimum atomic E-state index is -3.37. The van der Waals surface area contributed by atoms with Gasteiger partial charge in [-0.05, 0) is 31.5 Å². The van der Waals surface area contributed by atoms with Gasteiger partial charge in [0.05, 0.1) is 17.1 Å². The summed E-state index contributed by atoms with van der Waals surface area (Å²) in [6, 6.07) is 5.38. The highest BCUT2D eigenvalue weighted by atomic mass is 32.2. The minimum absolute atomic E-state index is 0.00539. The number of benzene rings is 1. The minimum Gasteiger partial charge on any atom is -0.482 e. The lowest BCUT2D eigenvalue weighted by Crippen LogP contribution is -2.25. The Hall–Kier alpha value is -2.13. The number of carbonyl (C=O) groups excluding carboxylic acids is 1. The number of carbonyl (C=O) groups is 1. The summed E-state index contributed by atoms with van der Waals surface area (Å²) in [5, 5.41) is 3.09. The average Bonchev–Trinajstić information content (AvgIpc) is 2.86. The number of thiazole rings is 1. The maximum absolute atomic E-state index is 11.9. The Balaban J connectivity index is 1.91. The average molecular weight is 367 g/mol. The summed E-state index contributed by atoms with van der Waals surface area (Å²) in [4.78, 5) is 16.7. The van der Waals surface area contributed by atoms with Crippen molar-refractivity contribution in [3.63, 3.8) is 0 Å². The molecule has 0 aliphatic carbocycles. The molecular formula is C15H17N3O4S2. The van der Waals surface area contributed by atoms with Crippen molar-refractivity contribution in [3.8, 4) is 17.0 Å². The molecule has 0 saturated heterocycles. The Morgan fingerprint density at radius 3 is 2.96 bits per heavy atom. The lowest BCUT2D eigenvalue weighted by molar-refractivity contribution is -0.118. The van der Waals surface area contributed by atoms with E-state index >= 15 is 0 Å². The smallest absolute Gasteiger partial charge is 0.262 e. The molecule has 128 valence electrons. The zero-order chi connectivity index (χ0) is 17.3. The maximum Gasteiger partial charge on any atom is 0.262 e. The molecule has 24 heavy (non-hydrogen) atoms. The molecular weight excluding hydrogens is 350 g/mol. The molecule has 1 aromatic carbocycles. The number of anilines is 2. The normalized spacial score (nSPS) is 13.8. The van der Waals surface area contributed by atoms with Gasteiger partial charge in [-0.3, -0.25) is 9.52 Å². The van der Waals surface area contributed by atoms with Gasteiger partial charge in [-0.2, -0.15) is 0 Å². The van der Waals surface area contributed by atoms with Gasteiger partial charge >= 0.3 is 0 Å². The first-order chi connectivity index (χ1) is 11.4. The Morgan fingerprint density at radius 1 is 1.42 bits per heavy atom. The Morgan fingerprint density at radius 2 is 2.21 bits per heavy atom. The number of aromatic nitrogens is 1. The van der Waals surface area contributed by atoms with Gasteiger partial charge in [0.2, 0.25) is 10.0 Å². The van der Waals surface area contributed by atoms with Crippen LogP contribution < -0.4 is 14.8 Å². The molecule has 2 N–H and O–H groups in total. The molecule has 1 amide bonds. The number of nitrogens with zero attached hydrogens (tertiary/aromatic N) is 1. The molecule has 0 unspecified atom stereocenters. The summed E-state index contributed by atoms with van der Waals surface area (Å²) < 4.78 is 31.6. The third-order valence-electron chi connectivity index (χ3n) is 3.40. The van der Waals surface area contributed by atoms with Crippen LogP contribution in [0.4, 0.5) is 10.8 Å². The molecule has 7 nitrogen and oxygen atoms in total. The van der Waals surface area contributed by atoms with Crippen molar-refractivity contribution < 1.29 is 17.9 Å². The number of fused-ring (bicyclic) bond motifs is 1. The van der Waals surface area contributed by atoms with Gasteiger partial charge < -0.3 is 10.1 Å². The molecule has 2 heterocycles. The lowest BCUT2D eigenvalue weighted by atomic mass is 10.1. The summed E-state index contributed by atoms with van der Waals surface area (Å²) in [6.45, 7) is 3.69. The van der Waals surface area contributed by atoms with E-state index in [1.54, 1.807) is 19.1 Å². The summed E-state index contributed by atoms with van der Waals surface area (Å²) in [7, 11) is -3.37. The Bertz CT molecular complexity index is 890. The van der Waals surface area contributed by atoms with E-state index in [4.69, 9.17) is 4.74 Å². The zero-order valence-corrected chi connectivity index (χ0v) is 14.9. The Kier molecular flexibility index (Phi) is 4.46. The van der Waals surface area contributed by atoms with E-state index in [-0.39, 0.29) is 18.3 Å². The predicted molar refractivity (Wildman–Crippen MR) is 94.1 cm³/mol. The van der Waals surface area contributed by atoms with Crippen molar-refractivity contribution in [1.82, 2.24) is 4.98 Å². The van der Waals surface area contributed by atoms with Gasteiger partial charge in [-0.1, -0.05) is 6.92 Å². The summed E-state index contributed by atoms with van der Waals surface area (Å²) in [5.74, 6) is 0.459.